The van der Waals surface area contributed by atoms with Crippen molar-refractivity contribution in [2.45, 2.75) is 46.1 Å². The van der Waals surface area contributed by atoms with Crippen molar-refractivity contribution in [2.75, 3.05) is 0 Å². The Morgan fingerprint density at radius 2 is 1.78 bits per heavy atom. The fraction of sp³-hybridized carbons (Fsp3) is 0.750. The van der Waals surface area contributed by atoms with Gasteiger partial charge < -0.3 is 16.2 Å². The Kier molecular flexibility index (Phi) is 7.00. The first kappa shape index (κ1) is 16.4. The number of carboxylic acids is 1. The topological polar surface area (TPSA) is 109 Å². The van der Waals surface area contributed by atoms with Crippen LogP contribution in [0.5, 0.6) is 0 Å². The number of aliphatic carboxylic acids is 1. The smallest absolute Gasteiger partial charge is 0.303 e. The molecule has 0 aliphatic rings. The van der Waals surface area contributed by atoms with E-state index >= 15 is 0 Å². The zero-order valence-corrected chi connectivity index (χ0v) is 11.1. The lowest BCUT2D eigenvalue weighted by atomic mass is 9.97. The molecule has 0 aromatic heterocycles. The van der Waals surface area contributed by atoms with Gasteiger partial charge in [-0.3, -0.25) is 14.4 Å². The van der Waals surface area contributed by atoms with Crippen molar-refractivity contribution in [1.82, 2.24) is 5.32 Å². The number of primary amides is 1. The van der Waals surface area contributed by atoms with E-state index in [-0.39, 0.29) is 24.7 Å². The monoisotopic (exact) mass is 258 g/mol. The highest BCUT2D eigenvalue weighted by atomic mass is 16.4. The maximum Gasteiger partial charge on any atom is 0.303 e. The van der Waals surface area contributed by atoms with Crippen LogP contribution in [-0.2, 0) is 14.4 Å². The number of rotatable bonds is 8. The van der Waals surface area contributed by atoms with Gasteiger partial charge >= 0.3 is 5.97 Å². The molecule has 0 bridgehead atoms. The van der Waals surface area contributed by atoms with Gasteiger partial charge in [0.1, 0.15) is 6.04 Å². The van der Waals surface area contributed by atoms with Gasteiger partial charge in [0.25, 0.3) is 0 Å². The van der Waals surface area contributed by atoms with Crippen LogP contribution in [0.4, 0.5) is 0 Å². The van der Waals surface area contributed by atoms with Gasteiger partial charge in [-0.1, -0.05) is 20.8 Å². The third-order valence-electron chi connectivity index (χ3n) is 2.58. The van der Waals surface area contributed by atoms with Gasteiger partial charge in [0.2, 0.25) is 11.8 Å². The third-order valence-corrected chi connectivity index (χ3v) is 2.58. The van der Waals surface area contributed by atoms with Crippen molar-refractivity contribution in [3.8, 4) is 0 Å². The van der Waals surface area contributed by atoms with E-state index in [0.717, 1.165) is 0 Å². The molecule has 0 heterocycles. The number of carbonyl (C=O) groups excluding carboxylic acids is 2. The molecular formula is C12H22N2O4. The summed E-state index contributed by atoms with van der Waals surface area (Å²) >= 11 is 0. The van der Waals surface area contributed by atoms with Gasteiger partial charge in [0.05, 0.1) is 0 Å². The zero-order valence-electron chi connectivity index (χ0n) is 11.1. The highest BCUT2D eigenvalue weighted by molar-refractivity contribution is 5.87. The Morgan fingerprint density at radius 1 is 1.22 bits per heavy atom. The molecule has 2 amide bonds. The summed E-state index contributed by atoms with van der Waals surface area (Å²) in [7, 11) is 0. The van der Waals surface area contributed by atoms with Crippen molar-refractivity contribution >= 4 is 17.8 Å². The molecule has 4 N–H and O–H groups in total. The number of nitrogens with one attached hydrogen (secondary N) is 1. The minimum absolute atomic E-state index is 0.0187. The standard InChI is InChI=1S/C12H22N2O4/c1-7(2)6-8(3)12(18)14-9(11(13)17)4-5-10(15)16/h7-9H,4-6H2,1-3H3,(H2,13,17)(H,14,18)(H,15,16). The average Bonchev–Trinajstić information content (AvgIpc) is 2.21. The number of hydrogen-bond acceptors (Lipinski definition) is 3. The van der Waals surface area contributed by atoms with Crippen molar-refractivity contribution in [3.05, 3.63) is 0 Å². The second kappa shape index (κ2) is 7.68. The molecule has 0 rings (SSSR count). The Bertz CT molecular complexity index is 315. The molecular weight excluding hydrogens is 236 g/mol. The van der Waals surface area contributed by atoms with Crippen molar-refractivity contribution in [1.29, 1.82) is 0 Å². The van der Waals surface area contributed by atoms with E-state index < -0.39 is 17.9 Å². The average molecular weight is 258 g/mol. The van der Waals surface area contributed by atoms with Crippen LogP contribution in [0.2, 0.25) is 0 Å². The number of nitrogens with two attached hydrogens (primary N) is 1. The van der Waals surface area contributed by atoms with E-state index in [1.807, 2.05) is 13.8 Å². The van der Waals surface area contributed by atoms with E-state index in [0.29, 0.717) is 12.3 Å². The fourth-order valence-electron chi connectivity index (χ4n) is 1.68. The normalized spacial score (nSPS) is 14.0. The van der Waals surface area contributed by atoms with Gasteiger partial charge in [-0.15, -0.1) is 0 Å². The molecule has 2 unspecified atom stereocenters. The molecule has 0 aliphatic carbocycles. The highest BCUT2D eigenvalue weighted by Crippen LogP contribution is 2.11. The fourth-order valence-corrected chi connectivity index (χ4v) is 1.68. The second-order valence-electron chi connectivity index (χ2n) is 4.93. The molecule has 6 heteroatoms. The van der Waals surface area contributed by atoms with Crippen molar-refractivity contribution in [2.24, 2.45) is 17.6 Å². The summed E-state index contributed by atoms with van der Waals surface area (Å²) in [6.07, 6.45) is 0.521. The summed E-state index contributed by atoms with van der Waals surface area (Å²) in [6, 6.07) is -0.914. The van der Waals surface area contributed by atoms with E-state index in [2.05, 4.69) is 5.32 Å². The maximum absolute atomic E-state index is 11.8. The molecule has 0 aromatic carbocycles. The molecule has 0 saturated heterocycles. The quantitative estimate of drug-likeness (QED) is 0.589. The summed E-state index contributed by atoms with van der Waals surface area (Å²) in [5.41, 5.74) is 5.13. The molecule has 0 saturated carbocycles. The van der Waals surface area contributed by atoms with E-state index in [9.17, 15) is 14.4 Å². The van der Waals surface area contributed by atoms with E-state index in [1.54, 1.807) is 6.92 Å². The van der Waals surface area contributed by atoms with Gasteiger partial charge in [0.15, 0.2) is 0 Å². The second-order valence-corrected chi connectivity index (χ2v) is 4.93. The lowest BCUT2D eigenvalue weighted by molar-refractivity contribution is -0.138. The molecule has 0 aromatic rings. The molecule has 0 radical (unpaired) electrons. The predicted molar refractivity (Wildman–Crippen MR) is 66.6 cm³/mol. The number of hydrogen-bond donors (Lipinski definition) is 3. The van der Waals surface area contributed by atoms with Crippen molar-refractivity contribution < 1.29 is 19.5 Å². The largest absolute Gasteiger partial charge is 0.481 e. The molecule has 104 valence electrons. The highest BCUT2D eigenvalue weighted by Gasteiger charge is 2.22. The summed E-state index contributed by atoms with van der Waals surface area (Å²) in [4.78, 5) is 33.3. The maximum atomic E-state index is 11.8. The lowest BCUT2D eigenvalue weighted by Crippen LogP contribution is -2.46. The first-order valence-electron chi connectivity index (χ1n) is 6.05. The van der Waals surface area contributed by atoms with E-state index in [4.69, 9.17) is 10.8 Å². The SMILES string of the molecule is CC(C)CC(C)C(=O)NC(CCC(=O)O)C(N)=O. The van der Waals surface area contributed by atoms with Gasteiger partial charge in [-0.05, 0) is 18.8 Å². The van der Waals surface area contributed by atoms with E-state index in [1.165, 1.54) is 0 Å². The van der Waals surface area contributed by atoms with Crippen LogP contribution >= 0.6 is 0 Å². The summed E-state index contributed by atoms with van der Waals surface area (Å²) in [6.45, 7) is 5.77. The third kappa shape index (κ3) is 6.88. The zero-order chi connectivity index (χ0) is 14.3. The van der Waals surface area contributed by atoms with Crippen LogP contribution in [0.3, 0.4) is 0 Å². The lowest BCUT2D eigenvalue weighted by Gasteiger charge is -2.19. The molecule has 6 nitrogen and oxygen atoms in total. The summed E-state index contributed by atoms with van der Waals surface area (Å²) < 4.78 is 0. The van der Waals surface area contributed by atoms with Crippen LogP contribution in [0.1, 0.15) is 40.0 Å². The molecule has 0 spiro atoms. The van der Waals surface area contributed by atoms with Crippen LogP contribution in [-0.4, -0.2) is 28.9 Å². The minimum atomic E-state index is -1.02. The first-order valence-corrected chi connectivity index (χ1v) is 6.05. The molecule has 2 atom stereocenters. The van der Waals surface area contributed by atoms with Crippen LogP contribution in [0, 0.1) is 11.8 Å². The Morgan fingerprint density at radius 3 is 2.17 bits per heavy atom. The van der Waals surface area contributed by atoms with Gasteiger partial charge in [-0.2, -0.15) is 0 Å². The summed E-state index contributed by atoms with van der Waals surface area (Å²) in [5.74, 6) is -1.85. The molecule has 0 aliphatic heterocycles. The Balaban J connectivity index is 4.35. The van der Waals surface area contributed by atoms with Crippen LogP contribution < -0.4 is 11.1 Å². The number of carbonyl (C=O) groups is 3. The van der Waals surface area contributed by atoms with Crippen molar-refractivity contribution in [3.63, 3.8) is 0 Å². The summed E-state index contributed by atoms with van der Waals surface area (Å²) in [5, 5.41) is 11.0. The predicted octanol–water partition coefficient (Wildman–Crippen LogP) is 0.504. The number of amides is 2. The molecule has 0 fully saturated rings. The Hall–Kier alpha value is -1.59. The van der Waals surface area contributed by atoms with Crippen LogP contribution in [0.25, 0.3) is 0 Å². The van der Waals surface area contributed by atoms with Gasteiger partial charge in [0, 0.05) is 12.3 Å². The number of carboxylic acid groups (broad SMARTS) is 1. The van der Waals surface area contributed by atoms with Gasteiger partial charge in [-0.25, -0.2) is 0 Å². The Labute approximate surface area is 107 Å². The minimum Gasteiger partial charge on any atom is -0.481 e. The van der Waals surface area contributed by atoms with Crippen LogP contribution in [0.15, 0.2) is 0 Å². The molecule has 18 heavy (non-hydrogen) atoms. The first-order chi connectivity index (χ1) is 8.23.